The van der Waals surface area contributed by atoms with E-state index in [2.05, 4.69) is 21.2 Å². The van der Waals surface area contributed by atoms with E-state index in [1.807, 2.05) is 6.92 Å². The van der Waals surface area contributed by atoms with E-state index in [0.29, 0.717) is 19.4 Å². The van der Waals surface area contributed by atoms with Crippen molar-refractivity contribution < 1.29 is 18.0 Å². The molecule has 0 heterocycles. The third kappa shape index (κ3) is 8.72. The second-order valence-electron chi connectivity index (χ2n) is 3.24. The third-order valence-electron chi connectivity index (χ3n) is 1.83. The Morgan fingerprint density at radius 3 is 2.47 bits per heavy atom. The van der Waals surface area contributed by atoms with Gasteiger partial charge in [-0.3, -0.25) is 4.79 Å². The highest BCUT2D eigenvalue weighted by Crippen LogP contribution is 2.21. The average molecular weight is 290 g/mol. The molecule has 0 aromatic rings. The van der Waals surface area contributed by atoms with Crippen molar-refractivity contribution in [3.05, 3.63) is 0 Å². The van der Waals surface area contributed by atoms with Crippen molar-refractivity contribution in [1.29, 1.82) is 0 Å². The Bertz CT molecular complexity index is 196. The lowest BCUT2D eigenvalue weighted by Gasteiger charge is -2.09. The minimum absolute atomic E-state index is 0.0584. The molecule has 0 radical (unpaired) electrons. The van der Waals surface area contributed by atoms with Crippen LogP contribution in [0.5, 0.6) is 0 Å². The molecule has 90 valence electrons. The third-order valence-corrected chi connectivity index (χ3v) is 2.89. The van der Waals surface area contributed by atoms with Crippen molar-refractivity contribution in [2.75, 3.05) is 6.54 Å². The van der Waals surface area contributed by atoms with Crippen LogP contribution in [0.1, 0.15) is 32.6 Å². The SMILES string of the molecule is CCC(Br)C(=O)NCCCCC(F)(F)F. The molecule has 1 atom stereocenters. The number of carbonyl (C=O) groups excluding carboxylic acids is 1. The predicted molar refractivity (Wildman–Crippen MR) is 55.9 cm³/mol. The lowest BCUT2D eigenvalue weighted by Crippen LogP contribution is -2.31. The maximum Gasteiger partial charge on any atom is 0.389 e. The van der Waals surface area contributed by atoms with Gasteiger partial charge < -0.3 is 5.32 Å². The minimum Gasteiger partial charge on any atom is -0.355 e. The van der Waals surface area contributed by atoms with Crippen LogP contribution in [0.15, 0.2) is 0 Å². The molecule has 0 aromatic carbocycles. The summed E-state index contributed by atoms with van der Waals surface area (Å²) in [5, 5.41) is 2.57. The average Bonchev–Trinajstić information content (AvgIpc) is 2.14. The number of nitrogens with one attached hydrogen (secondary N) is 1. The van der Waals surface area contributed by atoms with Crippen LogP contribution < -0.4 is 5.32 Å². The van der Waals surface area contributed by atoms with Crippen LogP contribution in [0.25, 0.3) is 0 Å². The fourth-order valence-corrected chi connectivity index (χ4v) is 1.12. The monoisotopic (exact) mass is 289 g/mol. The first-order valence-corrected chi connectivity index (χ1v) is 5.77. The topological polar surface area (TPSA) is 29.1 Å². The first-order valence-electron chi connectivity index (χ1n) is 4.85. The highest BCUT2D eigenvalue weighted by atomic mass is 79.9. The number of hydrogen-bond acceptors (Lipinski definition) is 1. The van der Waals surface area contributed by atoms with Crippen LogP contribution in [-0.4, -0.2) is 23.5 Å². The van der Waals surface area contributed by atoms with Crippen molar-refractivity contribution in [3.8, 4) is 0 Å². The van der Waals surface area contributed by atoms with Crippen LogP contribution >= 0.6 is 15.9 Å². The number of alkyl halides is 4. The molecule has 0 aliphatic carbocycles. The van der Waals surface area contributed by atoms with Gasteiger partial charge in [-0.1, -0.05) is 22.9 Å². The first-order chi connectivity index (χ1) is 6.87. The Morgan fingerprint density at radius 1 is 1.40 bits per heavy atom. The molecule has 15 heavy (non-hydrogen) atoms. The molecule has 6 heteroatoms. The standard InChI is InChI=1S/C9H15BrF3NO/c1-2-7(10)8(15)14-6-4-3-5-9(11,12)13/h7H,2-6H2,1H3,(H,14,15). The molecule has 0 rings (SSSR count). The molecular formula is C9H15BrF3NO. The van der Waals surface area contributed by atoms with Crippen molar-refractivity contribution in [1.82, 2.24) is 5.32 Å². The molecule has 0 fully saturated rings. The Labute approximate surface area is 95.7 Å². The fourth-order valence-electron chi connectivity index (χ4n) is 0.958. The molecule has 2 nitrogen and oxygen atoms in total. The van der Waals surface area contributed by atoms with Gasteiger partial charge in [-0.15, -0.1) is 0 Å². The smallest absolute Gasteiger partial charge is 0.355 e. The van der Waals surface area contributed by atoms with Gasteiger partial charge in [-0.2, -0.15) is 13.2 Å². The van der Waals surface area contributed by atoms with Crippen LogP contribution in [-0.2, 0) is 4.79 Å². The molecule has 0 saturated heterocycles. The minimum atomic E-state index is -4.09. The van der Waals surface area contributed by atoms with Gasteiger partial charge in [0.25, 0.3) is 0 Å². The van der Waals surface area contributed by atoms with E-state index in [1.54, 1.807) is 0 Å². The van der Waals surface area contributed by atoms with Crippen LogP contribution in [0.3, 0.4) is 0 Å². The highest BCUT2D eigenvalue weighted by Gasteiger charge is 2.25. The summed E-state index contributed by atoms with van der Waals surface area (Å²) < 4.78 is 35.2. The summed E-state index contributed by atoms with van der Waals surface area (Å²) in [6.45, 7) is 2.15. The maximum atomic E-state index is 11.7. The summed E-state index contributed by atoms with van der Waals surface area (Å²) in [4.78, 5) is 10.9. The van der Waals surface area contributed by atoms with E-state index in [4.69, 9.17) is 0 Å². The Kier molecular flexibility index (Phi) is 6.96. The molecule has 0 aliphatic heterocycles. The normalized spacial score (nSPS) is 13.7. The summed E-state index contributed by atoms with van der Waals surface area (Å²) in [5.74, 6) is -0.162. The second kappa shape index (κ2) is 7.09. The van der Waals surface area contributed by atoms with E-state index in [1.165, 1.54) is 0 Å². The van der Waals surface area contributed by atoms with Gasteiger partial charge in [-0.25, -0.2) is 0 Å². The van der Waals surface area contributed by atoms with Gasteiger partial charge in [0.05, 0.1) is 4.83 Å². The summed E-state index contributed by atoms with van der Waals surface area (Å²) in [6, 6.07) is 0. The molecule has 0 saturated carbocycles. The lowest BCUT2D eigenvalue weighted by atomic mass is 10.2. The van der Waals surface area contributed by atoms with Crippen LogP contribution in [0, 0.1) is 0 Å². The van der Waals surface area contributed by atoms with Gasteiger partial charge in [0.15, 0.2) is 0 Å². The number of unbranched alkanes of at least 4 members (excludes halogenated alkanes) is 1. The zero-order chi connectivity index (χ0) is 11.9. The van der Waals surface area contributed by atoms with E-state index in [9.17, 15) is 18.0 Å². The summed E-state index contributed by atoms with van der Waals surface area (Å²) in [6.07, 6.45) is -3.80. The Hall–Kier alpha value is -0.260. The van der Waals surface area contributed by atoms with Crippen molar-refractivity contribution in [3.63, 3.8) is 0 Å². The number of amides is 1. The lowest BCUT2D eigenvalue weighted by molar-refractivity contribution is -0.135. The van der Waals surface area contributed by atoms with E-state index in [-0.39, 0.29) is 17.2 Å². The summed E-state index contributed by atoms with van der Waals surface area (Å²) in [5.41, 5.74) is 0. The number of carbonyl (C=O) groups is 1. The quantitative estimate of drug-likeness (QED) is 0.591. The van der Waals surface area contributed by atoms with E-state index < -0.39 is 12.6 Å². The van der Waals surface area contributed by atoms with Crippen LogP contribution in [0.2, 0.25) is 0 Å². The maximum absolute atomic E-state index is 11.7. The van der Waals surface area contributed by atoms with E-state index in [0.717, 1.165) is 0 Å². The van der Waals surface area contributed by atoms with Gasteiger partial charge in [0, 0.05) is 13.0 Å². The highest BCUT2D eigenvalue weighted by molar-refractivity contribution is 9.10. The first kappa shape index (κ1) is 14.7. The molecule has 0 aliphatic rings. The molecular weight excluding hydrogens is 275 g/mol. The zero-order valence-electron chi connectivity index (χ0n) is 8.53. The number of halogens is 4. The Balaban J connectivity index is 3.43. The van der Waals surface area contributed by atoms with Gasteiger partial charge in [-0.05, 0) is 19.3 Å². The second-order valence-corrected chi connectivity index (χ2v) is 4.34. The summed E-state index contributed by atoms with van der Waals surface area (Å²) in [7, 11) is 0. The molecule has 1 amide bonds. The largest absolute Gasteiger partial charge is 0.389 e. The summed E-state index contributed by atoms with van der Waals surface area (Å²) >= 11 is 3.15. The van der Waals surface area contributed by atoms with Gasteiger partial charge >= 0.3 is 6.18 Å². The molecule has 1 N–H and O–H groups in total. The van der Waals surface area contributed by atoms with Crippen LogP contribution in [0.4, 0.5) is 13.2 Å². The number of rotatable bonds is 6. The molecule has 0 bridgehead atoms. The van der Waals surface area contributed by atoms with Gasteiger partial charge in [0.2, 0.25) is 5.91 Å². The van der Waals surface area contributed by atoms with Gasteiger partial charge in [0.1, 0.15) is 0 Å². The zero-order valence-corrected chi connectivity index (χ0v) is 10.1. The molecule has 0 spiro atoms. The van der Waals surface area contributed by atoms with E-state index >= 15 is 0 Å². The van der Waals surface area contributed by atoms with Crippen molar-refractivity contribution >= 4 is 21.8 Å². The molecule has 0 aromatic heterocycles. The molecule has 1 unspecified atom stereocenters. The Morgan fingerprint density at radius 2 is 2.00 bits per heavy atom. The number of hydrogen-bond donors (Lipinski definition) is 1. The predicted octanol–water partition coefficient (Wildman–Crippen LogP) is 3.01. The van der Waals surface area contributed by atoms with Crippen molar-refractivity contribution in [2.45, 2.75) is 43.6 Å². The fraction of sp³-hybridized carbons (Fsp3) is 0.889. The van der Waals surface area contributed by atoms with Crippen molar-refractivity contribution in [2.24, 2.45) is 0 Å².